The van der Waals surface area contributed by atoms with Crippen LogP contribution in [0.3, 0.4) is 0 Å². The fraction of sp³-hybridized carbons (Fsp3) is 0.250. The number of piperazine rings is 1. The number of nitrogens with zero attached hydrogens (tertiary/aromatic N) is 5. The Kier molecular flexibility index (Phi) is 3.77. The Labute approximate surface area is 160 Å². The van der Waals surface area contributed by atoms with Crippen molar-refractivity contribution in [1.29, 1.82) is 0 Å². The molecule has 0 bridgehead atoms. The molecule has 0 atom stereocenters. The maximum absolute atomic E-state index is 13.1. The highest BCUT2D eigenvalue weighted by atomic mass is 35.5. The van der Waals surface area contributed by atoms with Crippen LogP contribution in [-0.2, 0) is 0 Å². The lowest BCUT2D eigenvalue weighted by Crippen LogP contribution is -2.45. The Balaban J connectivity index is 1.86. The average Bonchev–Trinajstić information content (AvgIpc) is 2.69. The molecule has 0 aliphatic carbocycles. The monoisotopic (exact) mass is 379 g/mol. The quantitative estimate of drug-likeness (QED) is 0.376. The molecule has 2 aromatic heterocycles. The molecule has 1 saturated heterocycles. The van der Waals surface area contributed by atoms with Gasteiger partial charge in [-0.3, -0.25) is 4.79 Å². The zero-order valence-electron chi connectivity index (χ0n) is 14.9. The maximum Gasteiger partial charge on any atom is 0.282 e. The molecule has 27 heavy (non-hydrogen) atoms. The Morgan fingerprint density at radius 2 is 1.70 bits per heavy atom. The highest BCUT2D eigenvalue weighted by molar-refractivity contribution is 6.31. The molecule has 7 heteroatoms. The number of hydrogen-bond acceptors (Lipinski definition) is 5. The van der Waals surface area contributed by atoms with E-state index in [-0.39, 0.29) is 5.56 Å². The van der Waals surface area contributed by atoms with Gasteiger partial charge in [0.25, 0.3) is 5.56 Å². The third-order valence-electron chi connectivity index (χ3n) is 5.21. The molecule has 5 rings (SSSR count). The summed E-state index contributed by atoms with van der Waals surface area (Å²) in [5.74, 6) is 0.830. The van der Waals surface area contributed by atoms with Gasteiger partial charge in [-0.1, -0.05) is 35.9 Å². The van der Waals surface area contributed by atoms with Gasteiger partial charge in [-0.05, 0) is 25.2 Å². The van der Waals surface area contributed by atoms with Crippen molar-refractivity contribution >= 4 is 44.7 Å². The van der Waals surface area contributed by atoms with E-state index in [4.69, 9.17) is 21.7 Å². The minimum absolute atomic E-state index is 0.196. The van der Waals surface area contributed by atoms with Crippen molar-refractivity contribution in [2.75, 3.05) is 38.1 Å². The highest BCUT2D eigenvalue weighted by Gasteiger charge is 2.20. The van der Waals surface area contributed by atoms with Gasteiger partial charge in [0.1, 0.15) is 0 Å². The molecule has 0 unspecified atom stereocenters. The maximum atomic E-state index is 13.1. The smallest absolute Gasteiger partial charge is 0.282 e. The van der Waals surface area contributed by atoms with Gasteiger partial charge < -0.3 is 9.80 Å². The van der Waals surface area contributed by atoms with Crippen molar-refractivity contribution in [3.8, 4) is 0 Å². The summed E-state index contributed by atoms with van der Waals surface area (Å²) in [6.07, 6.45) is 0. The molecule has 0 radical (unpaired) electrons. The fourth-order valence-electron chi connectivity index (χ4n) is 3.69. The van der Waals surface area contributed by atoms with Crippen LogP contribution in [0.5, 0.6) is 0 Å². The fourth-order valence-corrected chi connectivity index (χ4v) is 3.86. The van der Waals surface area contributed by atoms with Crippen molar-refractivity contribution in [1.82, 2.24) is 19.5 Å². The second-order valence-electron chi connectivity index (χ2n) is 6.97. The van der Waals surface area contributed by atoms with Crippen molar-refractivity contribution in [2.24, 2.45) is 0 Å². The summed E-state index contributed by atoms with van der Waals surface area (Å²) >= 11 is 6.09. The molecular formula is C20H18ClN5O. The van der Waals surface area contributed by atoms with E-state index < -0.39 is 0 Å². The van der Waals surface area contributed by atoms with Crippen molar-refractivity contribution in [2.45, 2.75) is 0 Å². The zero-order chi connectivity index (χ0) is 18.5. The van der Waals surface area contributed by atoms with Crippen LogP contribution >= 0.6 is 11.6 Å². The lowest BCUT2D eigenvalue weighted by Gasteiger charge is -2.33. The number of halogens is 1. The number of fused-ring (bicyclic) bond motifs is 4. The van der Waals surface area contributed by atoms with Crippen LogP contribution in [0.15, 0.2) is 47.3 Å². The third kappa shape index (κ3) is 2.64. The van der Waals surface area contributed by atoms with Gasteiger partial charge in [0.2, 0.25) is 0 Å². The summed E-state index contributed by atoms with van der Waals surface area (Å²) in [7, 11) is 2.12. The van der Waals surface area contributed by atoms with Gasteiger partial charge in [0, 0.05) is 42.0 Å². The van der Waals surface area contributed by atoms with Crippen LogP contribution < -0.4 is 10.5 Å². The van der Waals surface area contributed by atoms with E-state index in [0.29, 0.717) is 21.6 Å². The van der Waals surface area contributed by atoms with Crippen LogP contribution in [0, 0.1) is 0 Å². The Hall–Kier alpha value is -2.70. The molecule has 4 aromatic rings. The summed E-state index contributed by atoms with van der Waals surface area (Å²) in [6.45, 7) is 3.68. The Morgan fingerprint density at radius 3 is 2.48 bits per heavy atom. The number of benzene rings is 2. The highest BCUT2D eigenvalue weighted by Crippen LogP contribution is 2.28. The molecule has 3 heterocycles. The molecule has 0 amide bonds. The number of hydrogen-bond donors (Lipinski definition) is 0. The Bertz CT molecular complexity index is 1240. The molecule has 6 nitrogen and oxygen atoms in total. The van der Waals surface area contributed by atoms with Crippen molar-refractivity contribution < 1.29 is 0 Å². The number of aromatic nitrogens is 3. The lowest BCUT2D eigenvalue weighted by molar-refractivity contribution is 0.312. The van der Waals surface area contributed by atoms with Gasteiger partial charge in [0.15, 0.2) is 11.5 Å². The van der Waals surface area contributed by atoms with Crippen LogP contribution in [0.2, 0.25) is 5.02 Å². The minimum atomic E-state index is -0.196. The van der Waals surface area contributed by atoms with Gasteiger partial charge in [-0.25, -0.2) is 4.98 Å². The van der Waals surface area contributed by atoms with Gasteiger partial charge in [0.05, 0.1) is 10.9 Å². The number of likely N-dealkylation sites (N-methyl/N-ethyl adjacent to an activating group) is 1. The predicted octanol–water partition coefficient (Wildman–Crippen LogP) is 2.80. The first-order chi connectivity index (χ1) is 13.1. The first-order valence-electron chi connectivity index (χ1n) is 8.96. The Morgan fingerprint density at radius 1 is 0.963 bits per heavy atom. The first kappa shape index (κ1) is 16.5. The molecular weight excluding hydrogens is 362 g/mol. The van der Waals surface area contributed by atoms with E-state index in [1.54, 1.807) is 18.2 Å². The zero-order valence-corrected chi connectivity index (χ0v) is 15.6. The van der Waals surface area contributed by atoms with Gasteiger partial charge in [-0.15, -0.1) is 5.10 Å². The topological polar surface area (TPSA) is 53.7 Å². The predicted molar refractivity (Wildman–Crippen MR) is 109 cm³/mol. The van der Waals surface area contributed by atoms with Crippen LogP contribution in [0.1, 0.15) is 0 Å². The van der Waals surface area contributed by atoms with Crippen LogP contribution in [0.4, 0.5) is 5.82 Å². The normalized spacial score (nSPS) is 15.9. The second kappa shape index (κ2) is 6.18. The van der Waals surface area contributed by atoms with E-state index in [0.717, 1.165) is 42.8 Å². The van der Waals surface area contributed by atoms with Crippen molar-refractivity contribution in [3.05, 3.63) is 57.8 Å². The molecule has 0 saturated carbocycles. The third-order valence-corrected chi connectivity index (χ3v) is 5.45. The first-order valence-corrected chi connectivity index (χ1v) is 9.34. The molecule has 0 N–H and O–H groups in total. The van der Waals surface area contributed by atoms with Crippen LogP contribution in [0.25, 0.3) is 27.3 Å². The van der Waals surface area contributed by atoms with E-state index in [2.05, 4.69) is 16.8 Å². The number of anilines is 1. The summed E-state index contributed by atoms with van der Waals surface area (Å²) in [4.78, 5) is 22.4. The standard InChI is InChI=1S/C20H18ClN5O/c1-24-8-10-25(11-9-24)19-15-5-3-2-4-14(15)18-22-17-7-6-13(21)12-16(17)20(27)26(18)23-19/h2-7,12H,8-11H2,1H3. The lowest BCUT2D eigenvalue weighted by atomic mass is 10.1. The largest absolute Gasteiger partial charge is 0.352 e. The molecule has 2 aromatic carbocycles. The minimum Gasteiger partial charge on any atom is -0.352 e. The van der Waals surface area contributed by atoms with E-state index in [1.165, 1.54) is 4.52 Å². The van der Waals surface area contributed by atoms with E-state index >= 15 is 0 Å². The molecule has 1 aliphatic heterocycles. The average molecular weight is 380 g/mol. The summed E-state index contributed by atoms with van der Waals surface area (Å²) in [6, 6.07) is 13.2. The summed E-state index contributed by atoms with van der Waals surface area (Å²) in [5, 5.41) is 7.67. The van der Waals surface area contributed by atoms with Crippen molar-refractivity contribution in [3.63, 3.8) is 0 Å². The van der Waals surface area contributed by atoms with Gasteiger partial charge >= 0.3 is 0 Å². The van der Waals surface area contributed by atoms with E-state index in [9.17, 15) is 4.79 Å². The summed E-state index contributed by atoms with van der Waals surface area (Å²) < 4.78 is 1.43. The molecule has 0 spiro atoms. The van der Waals surface area contributed by atoms with Gasteiger partial charge in [-0.2, -0.15) is 4.52 Å². The van der Waals surface area contributed by atoms with E-state index in [1.807, 2.05) is 24.3 Å². The summed E-state index contributed by atoms with van der Waals surface area (Å²) in [5.41, 5.74) is 1.01. The molecule has 136 valence electrons. The second-order valence-corrected chi connectivity index (χ2v) is 7.41. The SMILES string of the molecule is CN1CCN(c2nn3c(=O)c4cc(Cl)ccc4nc3c3ccccc23)CC1. The molecule has 1 fully saturated rings. The molecule has 1 aliphatic rings. The van der Waals surface area contributed by atoms with Crippen LogP contribution in [-0.4, -0.2) is 52.7 Å². The number of rotatable bonds is 1.